The van der Waals surface area contributed by atoms with Gasteiger partial charge in [-0.2, -0.15) is 13.2 Å². The minimum atomic E-state index is -4.41. The molecule has 0 aliphatic carbocycles. The number of benzene rings is 1. The van der Waals surface area contributed by atoms with Crippen molar-refractivity contribution < 1.29 is 13.2 Å². The zero-order valence-corrected chi connectivity index (χ0v) is 11.1. The molecule has 0 aliphatic rings. The zero-order valence-electron chi connectivity index (χ0n) is 8.75. The number of rotatable bonds is 2. The Morgan fingerprint density at radius 3 is 2.56 bits per heavy atom. The Kier molecular flexibility index (Phi) is 3.63. The maximum absolute atomic E-state index is 12.6. The minimum absolute atomic E-state index is 0.153. The van der Waals surface area contributed by atoms with Gasteiger partial charge in [0.05, 0.1) is 29.0 Å². The van der Waals surface area contributed by atoms with E-state index in [2.05, 4.69) is 26.2 Å². The SMILES string of the molecule is FC(F)(F)c1cc(Br)cc(-n2cc(CCl)nn2)c1. The van der Waals surface area contributed by atoms with Gasteiger partial charge in [-0.05, 0) is 18.2 Å². The summed E-state index contributed by atoms with van der Waals surface area (Å²) in [6.45, 7) is 0. The van der Waals surface area contributed by atoms with E-state index in [9.17, 15) is 13.2 Å². The molecule has 0 unspecified atom stereocenters. The molecule has 2 rings (SSSR count). The molecule has 8 heteroatoms. The molecule has 0 spiro atoms. The second-order valence-corrected chi connectivity index (χ2v) is 4.67. The van der Waals surface area contributed by atoms with E-state index in [1.165, 1.54) is 16.9 Å². The van der Waals surface area contributed by atoms with Crippen LogP contribution in [0.3, 0.4) is 0 Å². The summed E-state index contributed by atoms with van der Waals surface area (Å²) < 4.78 is 39.5. The first-order valence-electron chi connectivity index (χ1n) is 4.75. The van der Waals surface area contributed by atoms with E-state index in [1.807, 2.05) is 0 Å². The van der Waals surface area contributed by atoms with Crippen molar-refractivity contribution in [3.63, 3.8) is 0 Å². The maximum Gasteiger partial charge on any atom is 0.416 e. The van der Waals surface area contributed by atoms with E-state index < -0.39 is 11.7 Å². The summed E-state index contributed by atoms with van der Waals surface area (Å²) in [5, 5.41) is 7.43. The summed E-state index contributed by atoms with van der Waals surface area (Å²) >= 11 is 8.60. The van der Waals surface area contributed by atoms with Crippen molar-refractivity contribution in [2.75, 3.05) is 0 Å². The van der Waals surface area contributed by atoms with Gasteiger partial charge in [0, 0.05) is 4.47 Å². The Bertz CT molecular complexity index is 568. The standard InChI is InChI=1S/C10H6BrClF3N3/c11-7-1-6(10(13,14)15)2-9(3-7)18-5-8(4-12)16-17-18/h1-3,5H,4H2. The lowest BCUT2D eigenvalue weighted by molar-refractivity contribution is -0.137. The number of hydrogen-bond donors (Lipinski definition) is 0. The van der Waals surface area contributed by atoms with E-state index >= 15 is 0 Å². The summed E-state index contributed by atoms with van der Waals surface area (Å²) in [5.41, 5.74) is 0.000524. The summed E-state index contributed by atoms with van der Waals surface area (Å²) in [7, 11) is 0. The average Bonchev–Trinajstić information content (AvgIpc) is 2.75. The van der Waals surface area contributed by atoms with Gasteiger partial charge in [0.1, 0.15) is 0 Å². The molecule has 96 valence electrons. The highest BCUT2D eigenvalue weighted by molar-refractivity contribution is 9.10. The largest absolute Gasteiger partial charge is 0.416 e. The topological polar surface area (TPSA) is 30.7 Å². The highest BCUT2D eigenvalue weighted by atomic mass is 79.9. The van der Waals surface area contributed by atoms with Crippen LogP contribution in [0.4, 0.5) is 13.2 Å². The lowest BCUT2D eigenvalue weighted by atomic mass is 10.2. The fraction of sp³-hybridized carbons (Fsp3) is 0.200. The summed E-state index contributed by atoms with van der Waals surface area (Å²) in [6, 6.07) is 3.52. The molecule has 1 aromatic heterocycles. The van der Waals surface area contributed by atoms with Crippen LogP contribution in [0.2, 0.25) is 0 Å². The molecule has 0 aliphatic heterocycles. The van der Waals surface area contributed by atoms with Gasteiger partial charge in [0.25, 0.3) is 0 Å². The number of halogens is 5. The highest BCUT2D eigenvalue weighted by Crippen LogP contribution is 2.32. The fourth-order valence-electron chi connectivity index (χ4n) is 1.36. The third-order valence-corrected chi connectivity index (χ3v) is 2.88. The molecule has 2 aromatic rings. The Morgan fingerprint density at radius 2 is 2.00 bits per heavy atom. The van der Waals surface area contributed by atoms with Crippen molar-refractivity contribution in [3.8, 4) is 5.69 Å². The lowest BCUT2D eigenvalue weighted by Crippen LogP contribution is -2.06. The molecule has 0 N–H and O–H groups in total. The molecule has 0 saturated heterocycles. The molecule has 0 radical (unpaired) electrons. The van der Waals surface area contributed by atoms with Crippen LogP contribution >= 0.6 is 27.5 Å². The second-order valence-electron chi connectivity index (χ2n) is 3.48. The van der Waals surface area contributed by atoms with Crippen LogP contribution in [0.25, 0.3) is 5.69 Å². The summed E-state index contributed by atoms with van der Waals surface area (Å²) in [4.78, 5) is 0. The fourth-order valence-corrected chi connectivity index (χ4v) is 1.96. The van der Waals surface area contributed by atoms with E-state index in [1.54, 1.807) is 0 Å². The second kappa shape index (κ2) is 4.89. The monoisotopic (exact) mass is 339 g/mol. The predicted molar refractivity (Wildman–Crippen MR) is 63.6 cm³/mol. The van der Waals surface area contributed by atoms with Crippen molar-refractivity contribution in [2.24, 2.45) is 0 Å². The van der Waals surface area contributed by atoms with Crippen molar-refractivity contribution in [2.45, 2.75) is 12.1 Å². The molecule has 1 heterocycles. The molecule has 0 saturated carbocycles. The number of alkyl halides is 4. The van der Waals surface area contributed by atoms with Crippen LogP contribution in [-0.2, 0) is 12.1 Å². The molecule has 3 nitrogen and oxygen atoms in total. The van der Waals surface area contributed by atoms with Crippen molar-refractivity contribution >= 4 is 27.5 Å². The molecule has 0 atom stereocenters. The average molecular weight is 341 g/mol. The Labute approximate surface area is 114 Å². The lowest BCUT2D eigenvalue weighted by Gasteiger charge is -2.09. The van der Waals surface area contributed by atoms with Crippen molar-refractivity contribution in [1.82, 2.24) is 15.0 Å². The number of hydrogen-bond acceptors (Lipinski definition) is 2. The van der Waals surface area contributed by atoms with E-state index in [0.29, 0.717) is 10.2 Å². The molecule has 0 bridgehead atoms. The molecule has 0 fully saturated rings. The van der Waals surface area contributed by atoms with Gasteiger partial charge in [0.15, 0.2) is 0 Å². The molecule has 1 aromatic carbocycles. The predicted octanol–water partition coefficient (Wildman–Crippen LogP) is 3.79. The first-order valence-corrected chi connectivity index (χ1v) is 6.08. The zero-order chi connectivity index (χ0) is 13.3. The first-order chi connectivity index (χ1) is 8.40. The maximum atomic E-state index is 12.6. The number of nitrogens with zero attached hydrogens (tertiary/aromatic N) is 3. The van der Waals surface area contributed by atoms with Gasteiger partial charge in [0.2, 0.25) is 0 Å². The minimum Gasteiger partial charge on any atom is -0.220 e. The Balaban J connectivity index is 2.48. The van der Waals surface area contributed by atoms with Gasteiger partial charge >= 0.3 is 6.18 Å². The highest BCUT2D eigenvalue weighted by Gasteiger charge is 2.31. The number of aromatic nitrogens is 3. The third-order valence-electron chi connectivity index (χ3n) is 2.15. The van der Waals surface area contributed by atoms with Crippen LogP contribution < -0.4 is 0 Å². The summed E-state index contributed by atoms with van der Waals surface area (Å²) in [6.07, 6.45) is -2.93. The van der Waals surface area contributed by atoms with E-state index in [0.717, 1.165) is 12.1 Å². The van der Waals surface area contributed by atoms with Crippen molar-refractivity contribution in [1.29, 1.82) is 0 Å². The quantitative estimate of drug-likeness (QED) is 0.779. The van der Waals surface area contributed by atoms with E-state index in [4.69, 9.17) is 11.6 Å². The molecule has 18 heavy (non-hydrogen) atoms. The van der Waals surface area contributed by atoms with E-state index in [-0.39, 0.29) is 11.6 Å². The molecular formula is C10H6BrClF3N3. The van der Waals surface area contributed by atoms with Crippen LogP contribution in [0.15, 0.2) is 28.9 Å². The molecule has 0 amide bonds. The van der Waals surface area contributed by atoms with Gasteiger partial charge < -0.3 is 0 Å². The smallest absolute Gasteiger partial charge is 0.220 e. The van der Waals surface area contributed by atoms with Crippen LogP contribution in [0.5, 0.6) is 0 Å². The van der Waals surface area contributed by atoms with Crippen LogP contribution in [0.1, 0.15) is 11.3 Å². The van der Waals surface area contributed by atoms with Crippen LogP contribution in [-0.4, -0.2) is 15.0 Å². The molecular weight excluding hydrogens is 334 g/mol. The first kappa shape index (κ1) is 13.4. The van der Waals surface area contributed by atoms with Gasteiger partial charge in [-0.25, -0.2) is 4.68 Å². The van der Waals surface area contributed by atoms with Crippen LogP contribution in [0, 0.1) is 0 Å². The van der Waals surface area contributed by atoms with Crippen molar-refractivity contribution in [3.05, 3.63) is 40.1 Å². The van der Waals surface area contributed by atoms with Gasteiger partial charge in [-0.1, -0.05) is 21.1 Å². The van der Waals surface area contributed by atoms with Gasteiger partial charge in [-0.3, -0.25) is 0 Å². The Hall–Kier alpha value is -1.08. The Morgan fingerprint density at radius 1 is 1.28 bits per heavy atom. The third kappa shape index (κ3) is 2.84. The normalized spacial score (nSPS) is 11.8. The summed E-state index contributed by atoms with van der Waals surface area (Å²) in [5.74, 6) is 0.153. The van der Waals surface area contributed by atoms with Gasteiger partial charge in [-0.15, -0.1) is 16.7 Å².